The van der Waals surface area contributed by atoms with E-state index in [9.17, 15) is 9.59 Å². The normalized spacial score (nSPS) is 10.8. The van der Waals surface area contributed by atoms with Crippen LogP contribution in [-0.4, -0.2) is 64.2 Å². The van der Waals surface area contributed by atoms with Gasteiger partial charge in [-0.15, -0.1) is 0 Å². The van der Waals surface area contributed by atoms with Crippen LogP contribution in [0.3, 0.4) is 0 Å². The zero-order valence-electron chi connectivity index (χ0n) is 28.2. The number of carbonyl (C=O) groups excluding carboxylic acids is 2. The minimum absolute atomic E-state index is 0.0740. The van der Waals surface area contributed by atoms with E-state index in [-0.39, 0.29) is 18.4 Å². The molecular formula is C34H74N6O2. The topological polar surface area (TPSA) is 134 Å². The Morgan fingerprint density at radius 2 is 0.833 bits per heavy atom. The van der Waals surface area contributed by atoms with Gasteiger partial charge in [-0.3, -0.25) is 9.59 Å². The zero-order chi connectivity index (χ0) is 31.2. The molecular weight excluding hydrogens is 524 g/mol. The van der Waals surface area contributed by atoms with Crippen molar-refractivity contribution in [2.75, 3.05) is 52.4 Å². The van der Waals surface area contributed by atoms with Crippen molar-refractivity contribution in [2.24, 2.45) is 11.5 Å². The molecule has 0 aliphatic heterocycles. The number of rotatable bonds is 32. The van der Waals surface area contributed by atoms with Gasteiger partial charge in [0.1, 0.15) is 0 Å². The van der Waals surface area contributed by atoms with Crippen molar-refractivity contribution in [1.29, 1.82) is 0 Å². The molecule has 8 nitrogen and oxygen atoms in total. The summed E-state index contributed by atoms with van der Waals surface area (Å²) in [5, 5.41) is 12.4. The second kappa shape index (κ2) is 39.8. The molecule has 0 aliphatic rings. The van der Waals surface area contributed by atoms with Crippen molar-refractivity contribution in [1.82, 2.24) is 21.3 Å². The quantitative estimate of drug-likeness (QED) is 0.0532. The summed E-state index contributed by atoms with van der Waals surface area (Å²) in [6.45, 7) is 10.9. The Morgan fingerprint density at radius 1 is 0.429 bits per heavy atom. The lowest BCUT2D eigenvalue weighted by Gasteiger charge is -2.06. The minimum Gasteiger partial charge on any atom is -0.356 e. The third-order valence-electron chi connectivity index (χ3n) is 7.41. The van der Waals surface area contributed by atoms with Gasteiger partial charge in [-0.2, -0.15) is 0 Å². The summed E-state index contributed by atoms with van der Waals surface area (Å²) >= 11 is 0. The monoisotopic (exact) mass is 599 g/mol. The van der Waals surface area contributed by atoms with Crippen LogP contribution in [-0.2, 0) is 9.59 Å². The second-order valence-electron chi connectivity index (χ2n) is 11.7. The largest absolute Gasteiger partial charge is 0.356 e. The third kappa shape index (κ3) is 40.9. The lowest BCUT2D eigenvalue weighted by molar-refractivity contribution is -0.121. The van der Waals surface area contributed by atoms with Crippen molar-refractivity contribution in [3.8, 4) is 0 Å². The maximum absolute atomic E-state index is 11.5. The number of nitrogens with two attached hydrogens (primary N) is 2. The fourth-order valence-corrected chi connectivity index (χ4v) is 4.64. The molecule has 2 amide bonds. The summed E-state index contributed by atoms with van der Waals surface area (Å²) in [6.07, 6.45) is 27.9. The fourth-order valence-electron chi connectivity index (χ4n) is 4.64. The molecule has 0 spiro atoms. The van der Waals surface area contributed by atoms with Crippen molar-refractivity contribution in [2.45, 2.75) is 155 Å². The Labute approximate surface area is 261 Å². The van der Waals surface area contributed by atoms with Crippen LogP contribution in [0.1, 0.15) is 155 Å². The lowest BCUT2D eigenvalue weighted by Crippen LogP contribution is -2.32. The van der Waals surface area contributed by atoms with Gasteiger partial charge in [-0.1, -0.05) is 110 Å². The van der Waals surface area contributed by atoms with E-state index in [1.807, 2.05) is 0 Å². The standard InChI is InChI=1S/C22H45NO.C12H29N5O/c1-3-5-7-8-9-10-11-12-13-14-15-16-17-18-19-20-22(24)23-21-6-4-2;13-5-3-8-15-6-1-2-7-16-9-4-10-17-12(18)11-14/h3-21H2,1-2H3,(H,23,24);15-16H,1-11,13-14H2,(H,17,18). The molecule has 252 valence electrons. The molecule has 0 aromatic carbocycles. The van der Waals surface area contributed by atoms with Gasteiger partial charge < -0.3 is 32.7 Å². The average molecular weight is 599 g/mol. The molecule has 0 unspecified atom stereocenters. The molecule has 8 N–H and O–H groups in total. The van der Waals surface area contributed by atoms with Gasteiger partial charge in [0.05, 0.1) is 6.54 Å². The van der Waals surface area contributed by atoms with E-state index in [1.54, 1.807) is 0 Å². The summed E-state index contributed by atoms with van der Waals surface area (Å²) < 4.78 is 0. The van der Waals surface area contributed by atoms with E-state index in [1.165, 1.54) is 103 Å². The van der Waals surface area contributed by atoms with Crippen LogP contribution >= 0.6 is 0 Å². The molecule has 0 fully saturated rings. The predicted molar refractivity (Wildman–Crippen MR) is 183 cm³/mol. The predicted octanol–water partition coefficient (Wildman–Crippen LogP) is 5.92. The van der Waals surface area contributed by atoms with E-state index in [4.69, 9.17) is 11.5 Å². The molecule has 0 aliphatic carbocycles. The maximum atomic E-state index is 11.5. The number of hydrogen-bond donors (Lipinski definition) is 6. The molecule has 0 heterocycles. The molecule has 42 heavy (non-hydrogen) atoms. The van der Waals surface area contributed by atoms with Crippen LogP contribution in [0.2, 0.25) is 0 Å². The third-order valence-corrected chi connectivity index (χ3v) is 7.41. The van der Waals surface area contributed by atoms with E-state index < -0.39 is 0 Å². The number of nitrogens with one attached hydrogen (secondary N) is 4. The highest BCUT2D eigenvalue weighted by Crippen LogP contribution is 2.13. The first-order chi connectivity index (χ1) is 20.6. The highest BCUT2D eigenvalue weighted by Gasteiger charge is 2.00. The van der Waals surface area contributed by atoms with E-state index in [2.05, 4.69) is 35.1 Å². The van der Waals surface area contributed by atoms with E-state index >= 15 is 0 Å². The zero-order valence-corrected chi connectivity index (χ0v) is 28.2. The van der Waals surface area contributed by atoms with Crippen LogP contribution in [0.4, 0.5) is 0 Å². The Bertz CT molecular complexity index is 536. The van der Waals surface area contributed by atoms with Crippen LogP contribution in [0.25, 0.3) is 0 Å². The Hall–Kier alpha value is -1.22. The molecule has 0 atom stereocenters. The van der Waals surface area contributed by atoms with Gasteiger partial charge in [0, 0.05) is 19.5 Å². The molecule has 8 heteroatoms. The summed E-state index contributed by atoms with van der Waals surface area (Å²) in [6, 6.07) is 0. The Balaban J connectivity index is 0. The first kappa shape index (κ1) is 42.9. The van der Waals surface area contributed by atoms with Gasteiger partial charge in [0.15, 0.2) is 0 Å². The maximum Gasteiger partial charge on any atom is 0.233 e. The molecule has 0 saturated heterocycles. The molecule has 0 aromatic rings. The van der Waals surface area contributed by atoms with Gasteiger partial charge in [0.25, 0.3) is 0 Å². The second-order valence-corrected chi connectivity index (χ2v) is 11.7. The van der Waals surface area contributed by atoms with Gasteiger partial charge in [-0.25, -0.2) is 0 Å². The van der Waals surface area contributed by atoms with Crippen LogP contribution in [0.5, 0.6) is 0 Å². The summed E-state index contributed by atoms with van der Waals surface area (Å²) in [7, 11) is 0. The first-order valence-corrected chi connectivity index (χ1v) is 18.0. The number of unbranched alkanes of at least 4 members (excludes halogenated alkanes) is 16. The summed E-state index contributed by atoms with van der Waals surface area (Å²) in [4.78, 5) is 22.4. The first-order valence-electron chi connectivity index (χ1n) is 18.0. The highest BCUT2D eigenvalue weighted by molar-refractivity contribution is 5.77. The van der Waals surface area contributed by atoms with Crippen molar-refractivity contribution in [3.05, 3.63) is 0 Å². The Kier molecular flexibility index (Phi) is 40.6. The highest BCUT2D eigenvalue weighted by atomic mass is 16.2. The van der Waals surface area contributed by atoms with Crippen LogP contribution in [0.15, 0.2) is 0 Å². The molecule has 0 aromatic heterocycles. The number of amides is 2. The van der Waals surface area contributed by atoms with Crippen molar-refractivity contribution in [3.63, 3.8) is 0 Å². The minimum atomic E-state index is -0.0847. The average Bonchev–Trinajstić information content (AvgIpc) is 3.00. The van der Waals surface area contributed by atoms with Gasteiger partial charge >= 0.3 is 0 Å². The van der Waals surface area contributed by atoms with Gasteiger partial charge in [-0.05, 0) is 71.2 Å². The molecule has 0 saturated carbocycles. The smallest absolute Gasteiger partial charge is 0.233 e. The summed E-state index contributed by atoms with van der Waals surface area (Å²) in [5.74, 6) is 0.164. The van der Waals surface area contributed by atoms with Crippen molar-refractivity contribution >= 4 is 11.8 Å². The molecule has 0 rings (SSSR count). The van der Waals surface area contributed by atoms with E-state index in [0.717, 1.165) is 77.8 Å². The van der Waals surface area contributed by atoms with Crippen LogP contribution in [0, 0.1) is 0 Å². The van der Waals surface area contributed by atoms with Crippen LogP contribution < -0.4 is 32.7 Å². The number of carbonyl (C=O) groups is 2. The van der Waals surface area contributed by atoms with E-state index in [0.29, 0.717) is 6.54 Å². The Morgan fingerprint density at radius 3 is 1.31 bits per heavy atom. The molecule has 0 radical (unpaired) electrons. The lowest BCUT2D eigenvalue weighted by atomic mass is 10.0. The van der Waals surface area contributed by atoms with Crippen molar-refractivity contribution < 1.29 is 9.59 Å². The fraction of sp³-hybridized carbons (Fsp3) is 0.941. The SMILES string of the molecule is CCCCCCCCCCCCCCCCCC(=O)NCCCC.NCCCNCCCCNCCCNC(=O)CN. The number of hydrogen-bond acceptors (Lipinski definition) is 6. The van der Waals surface area contributed by atoms with Gasteiger partial charge in [0.2, 0.25) is 11.8 Å². The molecule has 0 bridgehead atoms. The summed E-state index contributed by atoms with van der Waals surface area (Å²) in [5.41, 5.74) is 10.6.